The molecular formula is C17H21NS. The highest BCUT2D eigenvalue weighted by molar-refractivity contribution is 7.98. The summed E-state index contributed by atoms with van der Waals surface area (Å²) in [7, 11) is 0. The van der Waals surface area contributed by atoms with Crippen LogP contribution in [0, 0.1) is 0 Å². The van der Waals surface area contributed by atoms with Gasteiger partial charge in [0.15, 0.2) is 0 Å². The third-order valence-electron chi connectivity index (χ3n) is 3.28. The van der Waals surface area contributed by atoms with Crippen LogP contribution in [-0.2, 0) is 6.42 Å². The van der Waals surface area contributed by atoms with E-state index in [1.165, 1.54) is 16.1 Å². The number of nitrogens with one attached hydrogen (secondary N) is 1. The van der Waals surface area contributed by atoms with Crippen molar-refractivity contribution in [3.8, 4) is 0 Å². The van der Waals surface area contributed by atoms with Crippen molar-refractivity contribution in [2.45, 2.75) is 30.7 Å². The molecule has 0 bridgehead atoms. The Balaban J connectivity index is 2.07. The van der Waals surface area contributed by atoms with Gasteiger partial charge in [0.2, 0.25) is 0 Å². The minimum Gasteiger partial charge on any atom is -0.381 e. The van der Waals surface area contributed by atoms with Gasteiger partial charge >= 0.3 is 0 Å². The quantitative estimate of drug-likeness (QED) is 0.754. The summed E-state index contributed by atoms with van der Waals surface area (Å²) in [6, 6.07) is 19.7. The Bertz CT molecular complexity index is 496. The SMILES string of the molecule is CCC(Cc1ccccc1)Nc1ccccc1SC. The average molecular weight is 271 g/mol. The van der Waals surface area contributed by atoms with E-state index in [4.69, 9.17) is 0 Å². The van der Waals surface area contributed by atoms with Crippen molar-refractivity contribution in [3.05, 3.63) is 60.2 Å². The number of anilines is 1. The lowest BCUT2D eigenvalue weighted by molar-refractivity contribution is 0.688. The van der Waals surface area contributed by atoms with Gasteiger partial charge in [-0.1, -0.05) is 49.4 Å². The Morgan fingerprint density at radius 1 is 1.00 bits per heavy atom. The molecule has 0 saturated carbocycles. The van der Waals surface area contributed by atoms with Crippen LogP contribution in [0.3, 0.4) is 0 Å². The van der Waals surface area contributed by atoms with E-state index in [0.29, 0.717) is 6.04 Å². The summed E-state index contributed by atoms with van der Waals surface area (Å²) in [5, 5.41) is 3.68. The Morgan fingerprint density at radius 2 is 1.68 bits per heavy atom. The molecule has 0 radical (unpaired) electrons. The van der Waals surface area contributed by atoms with Gasteiger partial charge in [0.1, 0.15) is 0 Å². The van der Waals surface area contributed by atoms with E-state index in [2.05, 4.69) is 73.1 Å². The smallest absolute Gasteiger partial charge is 0.0480 e. The van der Waals surface area contributed by atoms with Gasteiger partial charge in [-0.2, -0.15) is 0 Å². The van der Waals surface area contributed by atoms with Crippen molar-refractivity contribution >= 4 is 17.4 Å². The first-order chi connectivity index (χ1) is 9.33. The van der Waals surface area contributed by atoms with Crippen LogP contribution < -0.4 is 5.32 Å². The molecule has 0 spiro atoms. The first-order valence-electron chi connectivity index (χ1n) is 6.77. The van der Waals surface area contributed by atoms with Crippen LogP contribution in [-0.4, -0.2) is 12.3 Å². The van der Waals surface area contributed by atoms with Gasteiger partial charge in [-0.3, -0.25) is 0 Å². The first-order valence-corrected chi connectivity index (χ1v) is 7.99. The number of hydrogen-bond donors (Lipinski definition) is 1. The average Bonchev–Trinajstić information content (AvgIpc) is 2.48. The number of benzene rings is 2. The molecule has 0 amide bonds. The minimum absolute atomic E-state index is 0.482. The fourth-order valence-electron chi connectivity index (χ4n) is 2.18. The monoisotopic (exact) mass is 271 g/mol. The minimum atomic E-state index is 0.482. The highest BCUT2D eigenvalue weighted by atomic mass is 32.2. The molecular weight excluding hydrogens is 250 g/mol. The Hall–Kier alpha value is -1.41. The fraction of sp³-hybridized carbons (Fsp3) is 0.294. The van der Waals surface area contributed by atoms with Crippen LogP contribution >= 0.6 is 11.8 Å². The molecule has 1 N–H and O–H groups in total. The number of para-hydroxylation sites is 1. The molecule has 0 aliphatic rings. The maximum atomic E-state index is 3.68. The lowest BCUT2D eigenvalue weighted by atomic mass is 10.0. The molecule has 1 nitrogen and oxygen atoms in total. The van der Waals surface area contributed by atoms with Crippen molar-refractivity contribution in [2.24, 2.45) is 0 Å². The third-order valence-corrected chi connectivity index (χ3v) is 4.08. The highest BCUT2D eigenvalue weighted by Gasteiger charge is 2.09. The second kappa shape index (κ2) is 7.25. The predicted octanol–water partition coefficient (Wildman–Crippen LogP) is 4.84. The highest BCUT2D eigenvalue weighted by Crippen LogP contribution is 2.26. The number of hydrogen-bond acceptors (Lipinski definition) is 2. The van der Waals surface area contributed by atoms with Gasteiger partial charge in [-0.05, 0) is 36.8 Å². The molecule has 1 unspecified atom stereocenters. The molecule has 0 heterocycles. The molecule has 1 atom stereocenters. The summed E-state index contributed by atoms with van der Waals surface area (Å²) in [6.07, 6.45) is 4.32. The van der Waals surface area contributed by atoms with Gasteiger partial charge in [0.05, 0.1) is 0 Å². The van der Waals surface area contributed by atoms with E-state index in [0.717, 1.165) is 12.8 Å². The normalized spacial score (nSPS) is 12.1. The molecule has 19 heavy (non-hydrogen) atoms. The lowest BCUT2D eigenvalue weighted by Gasteiger charge is -2.20. The summed E-state index contributed by atoms with van der Waals surface area (Å²) in [6.45, 7) is 2.24. The molecule has 0 saturated heterocycles. The predicted molar refractivity (Wildman–Crippen MR) is 86.1 cm³/mol. The topological polar surface area (TPSA) is 12.0 Å². The van der Waals surface area contributed by atoms with Crippen molar-refractivity contribution in [2.75, 3.05) is 11.6 Å². The van der Waals surface area contributed by atoms with Crippen LogP contribution in [0.5, 0.6) is 0 Å². The Morgan fingerprint density at radius 3 is 2.37 bits per heavy atom. The van der Waals surface area contributed by atoms with Gasteiger partial charge < -0.3 is 5.32 Å². The van der Waals surface area contributed by atoms with Crippen LogP contribution in [0.2, 0.25) is 0 Å². The van der Waals surface area contributed by atoms with Gasteiger partial charge in [-0.15, -0.1) is 11.8 Å². The standard InChI is InChI=1S/C17H21NS/c1-3-15(13-14-9-5-4-6-10-14)18-16-11-7-8-12-17(16)19-2/h4-12,15,18H,3,13H2,1-2H3. The molecule has 0 aliphatic carbocycles. The van der Waals surface area contributed by atoms with Crippen molar-refractivity contribution < 1.29 is 0 Å². The van der Waals surface area contributed by atoms with Crippen LogP contribution in [0.25, 0.3) is 0 Å². The van der Waals surface area contributed by atoms with Gasteiger partial charge in [0.25, 0.3) is 0 Å². The first kappa shape index (κ1) is 14.0. The van der Waals surface area contributed by atoms with Gasteiger partial charge in [0, 0.05) is 16.6 Å². The molecule has 2 heteroatoms. The Kier molecular flexibility index (Phi) is 5.34. The molecule has 0 aliphatic heterocycles. The van der Waals surface area contributed by atoms with Crippen LogP contribution in [0.15, 0.2) is 59.5 Å². The van der Waals surface area contributed by atoms with Crippen molar-refractivity contribution in [1.29, 1.82) is 0 Å². The molecule has 2 aromatic carbocycles. The second-order valence-electron chi connectivity index (χ2n) is 4.64. The summed E-state index contributed by atoms with van der Waals surface area (Å²) in [5.74, 6) is 0. The van der Waals surface area contributed by atoms with Crippen LogP contribution in [0.1, 0.15) is 18.9 Å². The number of thioether (sulfide) groups is 1. The third kappa shape index (κ3) is 4.03. The summed E-state index contributed by atoms with van der Waals surface area (Å²) in [5.41, 5.74) is 2.64. The zero-order valence-corrected chi connectivity index (χ0v) is 12.4. The van der Waals surface area contributed by atoms with E-state index in [-0.39, 0.29) is 0 Å². The zero-order chi connectivity index (χ0) is 13.5. The van der Waals surface area contributed by atoms with E-state index in [1.54, 1.807) is 11.8 Å². The maximum absolute atomic E-state index is 3.68. The zero-order valence-electron chi connectivity index (χ0n) is 11.6. The van der Waals surface area contributed by atoms with E-state index in [1.807, 2.05) is 0 Å². The molecule has 0 aromatic heterocycles. The number of rotatable bonds is 6. The fourth-order valence-corrected chi connectivity index (χ4v) is 2.74. The molecule has 0 fully saturated rings. The second-order valence-corrected chi connectivity index (χ2v) is 5.49. The maximum Gasteiger partial charge on any atom is 0.0480 e. The van der Waals surface area contributed by atoms with Crippen molar-refractivity contribution in [3.63, 3.8) is 0 Å². The van der Waals surface area contributed by atoms with E-state index >= 15 is 0 Å². The molecule has 2 aromatic rings. The molecule has 100 valence electrons. The Labute approximate surface area is 120 Å². The summed E-state index contributed by atoms with van der Waals surface area (Å²) in [4.78, 5) is 1.31. The summed E-state index contributed by atoms with van der Waals surface area (Å²) < 4.78 is 0. The summed E-state index contributed by atoms with van der Waals surface area (Å²) >= 11 is 1.79. The van der Waals surface area contributed by atoms with Gasteiger partial charge in [-0.25, -0.2) is 0 Å². The van der Waals surface area contributed by atoms with Crippen LogP contribution in [0.4, 0.5) is 5.69 Å². The lowest BCUT2D eigenvalue weighted by Crippen LogP contribution is -2.21. The van der Waals surface area contributed by atoms with E-state index < -0.39 is 0 Å². The van der Waals surface area contributed by atoms with E-state index in [9.17, 15) is 0 Å². The van der Waals surface area contributed by atoms with Crippen molar-refractivity contribution in [1.82, 2.24) is 0 Å². The largest absolute Gasteiger partial charge is 0.381 e. The molecule has 2 rings (SSSR count).